The first-order chi connectivity index (χ1) is 16.0. The number of rotatable bonds is 15. The van der Waals surface area contributed by atoms with Crippen LogP contribution in [0, 0.1) is 5.92 Å². The Morgan fingerprint density at radius 1 is 1.00 bits per heavy atom. The number of hydrogen-bond donors (Lipinski definition) is 7. The van der Waals surface area contributed by atoms with Gasteiger partial charge in [-0.3, -0.25) is 14.4 Å². The van der Waals surface area contributed by atoms with Gasteiger partial charge in [0.1, 0.15) is 24.4 Å². The van der Waals surface area contributed by atoms with Crippen LogP contribution in [0.1, 0.15) is 59.3 Å². The van der Waals surface area contributed by atoms with Gasteiger partial charge in [-0.25, -0.2) is 0 Å². The Morgan fingerprint density at radius 2 is 1.65 bits per heavy atom. The zero-order chi connectivity index (χ0) is 25.8. The van der Waals surface area contributed by atoms with Crippen molar-refractivity contribution in [3.05, 3.63) is 0 Å². The normalized spacial score (nSPS) is 26.6. The fraction of sp³-hybridized carbons (Fsp3) is 0.864. The summed E-state index contributed by atoms with van der Waals surface area (Å²) < 4.78 is 10.8. The van der Waals surface area contributed by atoms with Crippen LogP contribution in [0.3, 0.4) is 0 Å². The predicted molar refractivity (Wildman–Crippen MR) is 123 cm³/mol. The van der Waals surface area contributed by atoms with Gasteiger partial charge in [-0.2, -0.15) is 0 Å². The fourth-order valence-corrected chi connectivity index (χ4v) is 3.39. The first-order valence-corrected chi connectivity index (χ1v) is 11.9. The molecule has 1 saturated heterocycles. The van der Waals surface area contributed by atoms with Crippen molar-refractivity contribution in [2.24, 2.45) is 17.4 Å². The standard InChI is InChI=1S/C22H42N4O8/c1-12(2)16(24)21(32)26-14(8-9-15(23)27)20(31)25-10-6-4-5-7-11-33-22-19(30)18(29)17(28)13(3)34-22/h12-14,16-19,22,28-30H,4-11,24H2,1-3H3,(H2,23,27)(H,25,31)(H,26,32)/t13-,14-,16+,17+,18+,19-,22-/m0/s1. The van der Waals surface area contributed by atoms with Gasteiger partial charge in [-0.05, 0) is 32.1 Å². The summed E-state index contributed by atoms with van der Waals surface area (Å²) in [5.74, 6) is -1.51. The molecule has 3 amide bonds. The Morgan fingerprint density at radius 3 is 2.26 bits per heavy atom. The van der Waals surface area contributed by atoms with Crippen molar-refractivity contribution in [3.63, 3.8) is 0 Å². The van der Waals surface area contributed by atoms with Gasteiger partial charge in [0.15, 0.2) is 6.29 Å². The molecule has 198 valence electrons. The van der Waals surface area contributed by atoms with E-state index in [0.717, 1.165) is 12.8 Å². The minimum atomic E-state index is -1.32. The molecule has 0 spiro atoms. The van der Waals surface area contributed by atoms with Crippen LogP contribution in [0.25, 0.3) is 0 Å². The van der Waals surface area contributed by atoms with Crippen LogP contribution in [0.2, 0.25) is 0 Å². The molecule has 0 aromatic rings. The van der Waals surface area contributed by atoms with E-state index in [4.69, 9.17) is 20.9 Å². The molecule has 0 aliphatic carbocycles. The maximum absolute atomic E-state index is 12.5. The molecule has 0 aromatic carbocycles. The molecule has 0 unspecified atom stereocenters. The Bertz CT molecular complexity index is 650. The largest absolute Gasteiger partial charge is 0.388 e. The lowest BCUT2D eigenvalue weighted by atomic mass is 10.0. The highest BCUT2D eigenvalue weighted by molar-refractivity contribution is 5.90. The maximum atomic E-state index is 12.5. The molecule has 9 N–H and O–H groups in total. The molecule has 0 aromatic heterocycles. The van der Waals surface area contributed by atoms with Crippen molar-refractivity contribution in [3.8, 4) is 0 Å². The van der Waals surface area contributed by atoms with E-state index >= 15 is 0 Å². The van der Waals surface area contributed by atoms with Crippen LogP contribution in [-0.2, 0) is 23.9 Å². The molecule has 0 saturated carbocycles. The molecular weight excluding hydrogens is 448 g/mol. The van der Waals surface area contributed by atoms with Crippen molar-refractivity contribution in [2.45, 2.75) is 102 Å². The topological polar surface area (TPSA) is 206 Å². The third kappa shape index (κ3) is 10.2. The molecule has 12 nitrogen and oxygen atoms in total. The van der Waals surface area contributed by atoms with Crippen molar-refractivity contribution < 1.29 is 39.2 Å². The lowest BCUT2D eigenvalue weighted by Crippen LogP contribution is -2.57. The summed E-state index contributed by atoms with van der Waals surface area (Å²) in [4.78, 5) is 35.8. The number of primary amides is 1. The molecule has 0 bridgehead atoms. The summed E-state index contributed by atoms with van der Waals surface area (Å²) in [5.41, 5.74) is 11.0. The highest BCUT2D eigenvalue weighted by Gasteiger charge is 2.42. The Labute approximate surface area is 200 Å². The molecule has 1 aliphatic rings. The van der Waals surface area contributed by atoms with Crippen molar-refractivity contribution in [2.75, 3.05) is 13.2 Å². The monoisotopic (exact) mass is 490 g/mol. The minimum Gasteiger partial charge on any atom is -0.388 e. The average Bonchev–Trinajstić information content (AvgIpc) is 2.78. The molecule has 12 heteroatoms. The van der Waals surface area contributed by atoms with Gasteiger partial charge in [-0.15, -0.1) is 0 Å². The van der Waals surface area contributed by atoms with Gasteiger partial charge in [-0.1, -0.05) is 26.7 Å². The second-order valence-corrected chi connectivity index (χ2v) is 9.09. The van der Waals surface area contributed by atoms with E-state index in [1.807, 2.05) is 0 Å². The Kier molecular flexibility index (Phi) is 13.5. The number of nitrogens with two attached hydrogens (primary N) is 2. The first kappa shape index (κ1) is 30.2. The summed E-state index contributed by atoms with van der Waals surface area (Å²) in [7, 11) is 0. The number of ether oxygens (including phenoxy) is 2. The third-order valence-electron chi connectivity index (χ3n) is 5.79. The number of carbonyl (C=O) groups excluding carboxylic acids is 3. The summed E-state index contributed by atoms with van der Waals surface area (Å²) in [6.07, 6.45) is -2.44. The molecule has 34 heavy (non-hydrogen) atoms. The van der Waals surface area contributed by atoms with E-state index in [0.29, 0.717) is 26.0 Å². The van der Waals surface area contributed by atoms with E-state index in [1.165, 1.54) is 0 Å². The number of nitrogens with one attached hydrogen (secondary N) is 2. The Balaban J connectivity index is 2.29. The first-order valence-electron chi connectivity index (χ1n) is 11.9. The SMILES string of the molecule is CC(C)[C@@H](N)C(=O)N[C@@H](CCC(N)=O)C(=O)NCCCCCCO[C@H]1O[C@@H](C)[C@@H](O)[C@@H](O)[C@@H]1O. The summed E-state index contributed by atoms with van der Waals surface area (Å²) in [5, 5.41) is 34.7. The quantitative estimate of drug-likeness (QED) is 0.130. The molecule has 1 rings (SSSR count). The van der Waals surface area contributed by atoms with Crippen LogP contribution in [-0.4, -0.2) is 89.0 Å². The second-order valence-electron chi connectivity index (χ2n) is 9.09. The molecular formula is C22H42N4O8. The van der Waals surface area contributed by atoms with Crippen molar-refractivity contribution >= 4 is 17.7 Å². The fourth-order valence-electron chi connectivity index (χ4n) is 3.39. The minimum absolute atomic E-state index is 0.0382. The van der Waals surface area contributed by atoms with Crippen LogP contribution >= 0.6 is 0 Å². The summed E-state index contributed by atoms with van der Waals surface area (Å²) in [6, 6.07) is -1.65. The van der Waals surface area contributed by atoms with Crippen LogP contribution in [0.15, 0.2) is 0 Å². The highest BCUT2D eigenvalue weighted by atomic mass is 16.7. The van der Waals surface area contributed by atoms with Gasteiger partial charge in [0.05, 0.1) is 12.1 Å². The number of hydrogen-bond acceptors (Lipinski definition) is 9. The van der Waals surface area contributed by atoms with Gasteiger partial charge >= 0.3 is 0 Å². The van der Waals surface area contributed by atoms with Crippen LogP contribution in [0.4, 0.5) is 0 Å². The zero-order valence-electron chi connectivity index (χ0n) is 20.3. The van der Waals surface area contributed by atoms with E-state index in [-0.39, 0.29) is 18.8 Å². The van der Waals surface area contributed by atoms with Crippen molar-refractivity contribution in [1.82, 2.24) is 10.6 Å². The van der Waals surface area contributed by atoms with E-state index in [1.54, 1.807) is 20.8 Å². The van der Waals surface area contributed by atoms with E-state index < -0.39 is 60.5 Å². The van der Waals surface area contributed by atoms with Gasteiger partial charge in [0.2, 0.25) is 17.7 Å². The number of carbonyl (C=O) groups is 3. The van der Waals surface area contributed by atoms with Gasteiger partial charge in [0.25, 0.3) is 0 Å². The lowest BCUT2D eigenvalue weighted by molar-refractivity contribution is -0.293. The number of amides is 3. The molecule has 0 radical (unpaired) electrons. The van der Waals surface area contributed by atoms with Crippen LogP contribution < -0.4 is 22.1 Å². The number of aliphatic hydroxyl groups is 3. The zero-order valence-corrected chi connectivity index (χ0v) is 20.3. The average molecular weight is 491 g/mol. The summed E-state index contributed by atoms with van der Waals surface area (Å²) >= 11 is 0. The van der Waals surface area contributed by atoms with E-state index in [2.05, 4.69) is 10.6 Å². The number of aliphatic hydroxyl groups excluding tert-OH is 3. The molecule has 1 heterocycles. The molecule has 1 fully saturated rings. The third-order valence-corrected chi connectivity index (χ3v) is 5.79. The van der Waals surface area contributed by atoms with Gasteiger partial charge < -0.3 is 46.9 Å². The predicted octanol–water partition coefficient (Wildman–Crippen LogP) is -1.76. The van der Waals surface area contributed by atoms with Gasteiger partial charge in [0, 0.05) is 19.6 Å². The lowest BCUT2D eigenvalue weighted by Gasteiger charge is -2.38. The summed E-state index contributed by atoms with van der Waals surface area (Å²) in [6.45, 7) is 5.89. The van der Waals surface area contributed by atoms with Crippen molar-refractivity contribution in [1.29, 1.82) is 0 Å². The second kappa shape index (κ2) is 15.2. The number of unbranched alkanes of at least 4 members (excludes halogenated alkanes) is 3. The maximum Gasteiger partial charge on any atom is 0.242 e. The van der Waals surface area contributed by atoms with E-state index in [9.17, 15) is 29.7 Å². The van der Waals surface area contributed by atoms with Crippen LogP contribution in [0.5, 0.6) is 0 Å². The smallest absolute Gasteiger partial charge is 0.242 e. The highest BCUT2D eigenvalue weighted by Crippen LogP contribution is 2.22. The molecule has 7 atom stereocenters. The Hall–Kier alpha value is -1.83. The molecule has 1 aliphatic heterocycles.